The molecule has 0 aliphatic carbocycles. The molecule has 0 spiro atoms. The molecule has 7 nitrogen and oxygen atoms in total. The number of fused-ring (bicyclic) bond motifs is 1. The van der Waals surface area contributed by atoms with Crippen LogP contribution in [0.25, 0.3) is 16.8 Å². The Morgan fingerprint density at radius 2 is 1.76 bits per heavy atom. The monoisotopic (exact) mass is 391 g/mol. The number of hydrogen-bond acceptors (Lipinski definition) is 5. The van der Waals surface area contributed by atoms with E-state index in [-0.39, 0.29) is 5.56 Å². The third-order valence-corrected chi connectivity index (χ3v) is 4.88. The van der Waals surface area contributed by atoms with Gasteiger partial charge in [0.05, 0.1) is 19.9 Å². The number of aromatic nitrogens is 3. The number of rotatable bonds is 5. The number of nitrogens with one attached hydrogen (secondary N) is 1. The molecule has 148 valence electrons. The molecule has 1 atom stereocenters. The van der Waals surface area contributed by atoms with Crippen LogP contribution in [0, 0.1) is 6.92 Å². The zero-order chi connectivity index (χ0) is 20.5. The molecule has 29 heavy (non-hydrogen) atoms. The van der Waals surface area contributed by atoms with Crippen LogP contribution in [0.1, 0.15) is 23.1 Å². The SMILES string of the molecule is COc1ccc(-c2c(C)[nH]n3c(=O)cc(C(O)c4ccccc4)nc23)cc1OC. The van der Waals surface area contributed by atoms with Gasteiger partial charge in [-0.3, -0.25) is 9.89 Å². The lowest BCUT2D eigenvalue weighted by molar-refractivity contribution is 0.215. The Hall–Kier alpha value is -3.58. The number of H-pyrrole nitrogens is 1. The van der Waals surface area contributed by atoms with Crippen LogP contribution in [-0.2, 0) is 0 Å². The Balaban J connectivity index is 1.91. The Labute approximate surface area is 167 Å². The molecule has 0 saturated carbocycles. The highest BCUT2D eigenvalue weighted by atomic mass is 16.5. The first-order chi connectivity index (χ1) is 14.0. The minimum absolute atomic E-state index is 0.293. The minimum Gasteiger partial charge on any atom is -0.493 e. The summed E-state index contributed by atoms with van der Waals surface area (Å²) in [6, 6.07) is 16.0. The lowest BCUT2D eigenvalue weighted by Crippen LogP contribution is -2.17. The summed E-state index contributed by atoms with van der Waals surface area (Å²) in [5.74, 6) is 1.19. The van der Waals surface area contributed by atoms with Crippen molar-refractivity contribution in [3.63, 3.8) is 0 Å². The van der Waals surface area contributed by atoms with Crippen molar-refractivity contribution < 1.29 is 14.6 Å². The molecule has 2 heterocycles. The van der Waals surface area contributed by atoms with Crippen molar-refractivity contribution in [3.8, 4) is 22.6 Å². The molecule has 2 aromatic heterocycles. The fourth-order valence-electron chi connectivity index (χ4n) is 3.45. The molecule has 4 rings (SSSR count). The minimum atomic E-state index is -0.998. The topological polar surface area (TPSA) is 88.9 Å². The molecular weight excluding hydrogens is 370 g/mol. The maximum Gasteiger partial charge on any atom is 0.273 e. The Morgan fingerprint density at radius 3 is 2.45 bits per heavy atom. The molecule has 0 aliphatic heterocycles. The summed E-state index contributed by atoms with van der Waals surface area (Å²) in [5, 5.41) is 13.8. The van der Waals surface area contributed by atoms with Crippen LogP contribution in [-0.4, -0.2) is 33.9 Å². The number of aryl methyl sites for hydroxylation is 1. The van der Waals surface area contributed by atoms with E-state index < -0.39 is 6.10 Å². The number of aliphatic hydroxyl groups excluding tert-OH is 1. The largest absolute Gasteiger partial charge is 0.493 e. The third kappa shape index (κ3) is 3.25. The number of aromatic amines is 1. The maximum absolute atomic E-state index is 12.7. The summed E-state index contributed by atoms with van der Waals surface area (Å²) in [4.78, 5) is 17.3. The van der Waals surface area contributed by atoms with E-state index in [0.29, 0.717) is 28.4 Å². The summed E-state index contributed by atoms with van der Waals surface area (Å²) in [6.07, 6.45) is -0.998. The molecule has 2 N–H and O–H groups in total. The predicted molar refractivity (Wildman–Crippen MR) is 110 cm³/mol. The molecule has 4 aromatic rings. The van der Waals surface area contributed by atoms with Gasteiger partial charge in [0.15, 0.2) is 17.1 Å². The molecule has 0 amide bonds. The van der Waals surface area contributed by atoms with Gasteiger partial charge in [-0.1, -0.05) is 36.4 Å². The number of aliphatic hydroxyl groups is 1. The van der Waals surface area contributed by atoms with Gasteiger partial charge >= 0.3 is 0 Å². The van der Waals surface area contributed by atoms with E-state index in [0.717, 1.165) is 16.8 Å². The molecular formula is C22H21N3O4. The Kier molecular flexibility index (Phi) is 4.82. The summed E-state index contributed by atoms with van der Waals surface area (Å²) < 4.78 is 12.1. The zero-order valence-corrected chi connectivity index (χ0v) is 16.3. The first kappa shape index (κ1) is 18.8. The second-order valence-electron chi connectivity index (χ2n) is 6.67. The molecule has 0 bridgehead atoms. The highest BCUT2D eigenvalue weighted by Gasteiger charge is 2.19. The van der Waals surface area contributed by atoms with Crippen LogP contribution in [0.5, 0.6) is 11.5 Å². The maximum atomic E-state index is 12.7. The standard InChI is InChI=1S/C22H21N3O4/c1-13-20(15-9-10-17(28-2)18(11-15)29-3)22-23-16(12-19(26)25(22)24-13)21(27)14-7-5-4-6-8-14/h4-12,21,24,27H,1-3H3. The van der Waals surface area contributed by atoms with E-state index in [9.17, 15) is 9.90 Å². The van der Waals surface area contributed by atoms with Gasteiger partial charge in [0.2, 0.25) is 0 Å². The normalized spacial score (nSPS) is 12.1. The number of nitrogens with zero attached hydrogens (tertiary/aromatic N) is 2. The Morgan fingerprint density at radius 1 is 1.03 bits per heavy atom. The number of methoxy groups -OCH3 is 2. The van der Waals surface area contributed by atoms with Crippen molar-refractivity contribution in [2.75, 3.05) is 14.2 Å². The molecule has 0 fully saturated rings. The molecule has 2 aromatic carbocycles. The second-order valence-corrected chi connectivity index (χ2v) is 6.67. The fraction of sp³-hybridized carbons (Fsp3) is 0.182. The van der Waals surface area contributed by atoms with Crippen molar-refractivity contribution in [3.05, 3.63) is 81.9 Å². The van der Waals surface area contributed by atoms with Crippen LogP contribution in [0.4, 0.5) is 0 Å². The number of benzene rings is 2. The van der Waals surface area contributed by atoms with Crippen LogP contribution in [0.15, 0.2) is 59.4 Å². The van der Waals surface area contributed by atoms with Crippen molar-refractivity contribution in [1.82, 2.24) is 14.6 Å². The zero-order valence-electron chi connectivity index (χ0n) is 16.3. The summed E-state index contributed by atoms with van der Waals surface area (Å²) in [7, 11) is 3.15. The lowest BCUT2D eigenvalue weighted by atomic mass is 10.0. The van der Waals surface area contributed by atoms with E-state index in [1.54, 1.807) is 32.4 Å². The van der Waals surface area contributed by atoms with E-state index >= 15 is 0 Å². The predicted octanol–water partition coefficient (Wildman–Crippen LogP) is 3.10. The smallest absolute Gasteiger partial charge is 0.273 e. The van der Waals surface area contributed by atoms with Gasteiger partial charge in [-0.2, -0.15) is 0 Å². The van der Waals surface area contributed by atoms with Crippen molar-refractivity contribution >= 4 is 5.65 Å². The van der Waals surface area contributed by atoms with Gasteiger partial charge in [-0.25, -0.2) is 9.50 Å². The molecule has 0 aliphatic rings. The van der Waals surface area contributed by atoms with Crippen molar-refractivity contribution in [1.29, 1.82) is 0 Å². The summed E-state index contributed by atoms with van der Waals surface area (Å²) in [5.41, 5.74) is 3.45. The van der Waals surface area contributed by atoms with Gasteiger partial charge in [0, 0.05) is 17.3 Å². The van der Waals surface area contributed by atoms with Gasteiger partial charge in [0.25, 0.3) is 5.56 Å². The van der Waals surface area contributed by atoms with Gasteiger partial charge in [-0.15, -0.1) is 0 Å². The van der Waals surface area contributed by atoms with Crippen molar-refractivity contribution in [2.24, 2.45) is 0 Å². The molecule has 0 radical (unpaired) electrons. The fourth-order valence-corrected chi connectivity index (χ4v) is 3.45. The average Bonchev–Trinajstić information content (AvgIpc) is 3.09. The van der Waals surface area contributed by atoms with Crippen LogP contribution in [0.3, 0.4) is 0 Å². The second kappa shape index (κ2) is 7.44. The van der Waals surface area contributed by atoms with E-state index in [2.05, 4.69) is 10.1 Å². The Bertz CT molecular complexity index is 1230. The third-order valence-electron chi connectivity index (χ3n) is 4.88. The summed E-state index contributed by atoms with van der Waals surface area (Å²) >= 11 is 0. The van der Waals surface area contributed by atoms with E-state index in [1.165, 1.54) is 10.6 Å². The van der Waals surface area contributed by atoms with Gasteiger partial charge in [0.1, 0.15) is 6.10 Å². The lowest BCUT2D eigenvalue weighted by Gasteiger charge is -2.11. The molecule has 7 heteroatoms. The summed E-state index contributed by atoms with van der Waals surface area (Å²) in [6.45, 7) is 1.87. The molecule has 1 unspecified atom stereocenters. The van der Waals surface area contributed by atoms with Gasteiger partial charge in [-0.05, 0) is 30.2 Å². The number of hydrogen-bond donors (Lipinski definition) is 2. The van der Waals surface area contributed by atoms with Crippen LogP contribution in [0.2, 0.25) is 0 Å². The van der Waals surface area contributed by atoms with Crippen molar-refractivity contribution in [2.45, 2.75) is 13.0 Å². The van der Waals surface area contributed by atoms with Crippen LogP contribution < -0.4 is 15.0 Å². The molecule has 0 saturated heterocycles. The van der Waals surface area contributed by atoms with E-state index in [4.69, 9.17) is 9.47 Å². The van der Waals surface area contributed by atoms with Crippen LogP contribution >= 0.6 is 0 Å². The first-order valence-electron chi connectivity index (χ1n) is 9.11. The quantitative estimate of drug-likeness (QED) is 0.546. The number of ether oxygens (including phenoxy) is 2. The first-order valence-corrected chi connectivity index (χ1v) is 9.11. The average molecular weight is 391 g/mol. The van der Waals surface area contributed by atoms with E-state index in [1.807, 2.05) is 37.3 Å². The highest BCUT2D eigenvalue weighted by molar-refractivity contribution is 5.81. The van der Waals surface area contributed by atoms with Gasteiger partial charge < -0.3 is 14.6 Å². The highest BCUT2D eigenvalue weighted by Crippen LogP contribution is 2.35.